The molecule has 2 atom stereocenters. The Bertz CT molecular complexity index is 1320. The van der Waals surface area contributed by atoms with Crippen LogP contribution in [0.2, 0.25) is 5.02 Å². The van der Waals surface area contributed by atoms with E-state index in [1.165, 1.54) is 0 Å². The van der Waals surface area contributed by atoms with Gasteiger partial charge in [0.05, 0.1) is 0 Å². The van der Waals surface area contributed by atoms with Gasteiger partial charge in [-0.2, -0.15) is 0 Å². The molecule has 2 amide bonds. The zero-order chi connectivity index (χ0) is 28.3. The van der Waals surface area contributed by atoms with Gasteiger partial charge in [-0.3, -0.25) is 9.59 Å². The van der Waals surface area contributed by atoms with E-state index in [0.29, 0.717) is 11.4 Å². The molecule has 4 rings (SSSR count). The van der Waals surface area contributed by atoms with Crippen molar-refractivity contribution in [1.82, 2.24) is 10.2 Å². The summed E-state index contributed by atoms with van der Waals surface area (Å²) in [5.41, 5.74) is 3.92. The normalized spacial score (nSPS) is 12.5. The third kappa shape index (κ3) is 7.83. The molecule has 5 heteroatoms. The SMILES string of the molecule is CC[C@@H](C)NC(=O)[C@@H](Cc1ccccc1)N(Cc1ccccc1Cl)C(=O)CC(c1ccccc1)c1ccccc1. The van der Waals surface area contributed by atoms with E-state index in [1.54, 1.807) is 4.90 Å². The summed E-state index contributed by atoms with van der Waals surface area (Å²) < 4.78 is 0. The largest absolute Gasteiger partial charge is 0.352 e. The Kier molecular flexibility index (Phi) is 10.5. The Morgan fingerprint density at radius 3 is 1.85 bits per heavy atom. The van der Waals surface area contributed by atoms with Crippen molar-refractivity contribution in [3.05, 3.63) is 143 Å². The minimum atomic E-state index is -0.702. The van der Waals surface area contributed by atoms with Crippen LogP contribution in [0.3, 0.4) is 0 Å². The number of nitrogens with one attached hydrogen (secondary N) is 1. The zero-order valence-electron chi connectivity index (χ0n) is 23.2. The van der Waals surface area contributed by atoms with E-state index >= 15 is 0 Å². The molecular weight excluding hydrogens is 516 g/mol. The molecule has 0 saturated heterocycles. The molecule has 0 saturated carbocycles. The van der Waals surface area contributed by atoms with Gasteiger partial charge in [0.25, 0.3) is 0 Å². The standard InChI is InChI=1S/C35H37ClN2O2/c1-3-26(2)37-35(40)33(23-27-15-7-4-8-16-27)38(25-30-21-13-14-22-32(30)36)34(39)24-31(28-17-9-5-10-18-28)29-19-11-6-12-20-29/h4-22,26,31,33H,3,23-25H2,1-2H3,(H,37,40)/t26-,33-/m1/s1. The van der Waals surface area contributed by atoms with Crippen LogP contribution in [0.5, 0.6) is 0 Å². The zero-order valence-corrected chi connectivity index (χ0v) is 23.9. The van der Waals surface area contributed by atoms with E-state index in [0.717, 1.165) is 28.7 Å². The number of carbonyl (C=O) groups excluding carboxylic acids is 2. The van der Waals surface area contributed by atoms with Crippen LogP contribution in [0.1, 0.15) is 54.9 Å². The number of amides is 2. The Hall–Kier alpha value is -3.89. The molecular formula is C35H37ClN2O2. The molecule has 0 aromatic heterocycles. The summed E-state index contributed by atoms with van der Waals surface area (Å²) in [6.07, 6.45) is 1.42. The average Bonchev–Trinajstić information content (AvgIpc) is 2.99. The first-order chi connectivity index (χ1) is 19.5. The molecule has 0 bridgehead atoms. The van der Waals surface area contributed by atoms with Gasteiger partial charge in [-0.15, -0.1) is 0 Å². The Balaban J connectivity index is 1.75. The lowest BCUT2D eigenvalue weighted by molar-refractivity contribution is -0.141. The van der Waals surface area contributed by atoms with Crippen molar-refractivity contribution < 1.29 is 9.59 Å². The molecule has 0 spiro atoms. The molecule has 0 aliphatic rings. The summed E-state index contributed by atoms with van der Waals surface area (Å²) in [6, 6.07) is 36.8. The highest BCUT2D eigenvalue weighted by Crippen LogP contribution is 2.30. The molecule has 206 valence electrons. The molecule has 0 aliphatic carbocycles. The molecule has 0 fully saturated rings. The number of hydrogen-bond donors (Lipinski definition) is 1. The van der Waals surface area contributed by atoms with Crippen molar-refractivity contribution in [3.8, 4) is 0 Å². The number of benzene rings is 4. The van der Waals surface area contributed by atoms with Crippen LogP contribution in [-0.4, -0.2) is 28.8 Å². The number of nitrogens with zero attached hydrogens (tertiary/aromatic N) is 1. The molecule has 4 nitrogen and oxygen atoms in total. The van der Waals surface area contributed by atoms with Crippen LogP contribution >= 0.6 is 11.6 Å². The summed E-state index contributed by atoms with van der Waals surface area (Å²) in [5, 5.41) is 3.71. The van der Waals surface area contributed by atoms with Gasteiger partial charge >= 0.3 is 0 Å². The quantitative estimate of drug-likeness (QED) is 0.199. The molecule has 0 aliphatic heterocycles. The maximum Gasteiger partial charge on any atom is 0.243 e. The number of halogens is 1. The summed E-state index contributed by atoms with van der Waals surface area (Å²) in [5.74, 6) is -0.411. The van der Waals surface area contributed by atoms with Gasteiger partial charge in [0, 0.05) is 36.4 Å². The van der Waals surface area contributed by atoms with Gasteiger partial charge in [-0.25, -0.2) is 0 Å². The highest BCUT2D eigenvalue weighted by molar-refractivity contribution is 6.31. The fourth-order valence-electron chi connectivity index (χ4n) is 4.90. The van der Waals surface area contributed by atoms with Gasteiger partial charge in [0.2, 0.25) is 11.8 Å². The van der Waals surface area contributed by atoms with Crippen LogP contribution in [0.15, 0.2) is 115 Å². The van der Waals surface area contributed by atoms with E-state index < -0.39 is 6.04 Å². The van der Waals surface area contributed by atoms with Crippen LogP contribution in [0, 0.1) is 0 Å². The van der Waals surface area contributed by atoms with Crippen molar-refractivity contribution in [3.63, 3.8) is 0 Å². The molecule has 1 N–H and O–H groups in total. The summed E-state index contributed by atoms with van der Waals surface area (Å²) in [7, 11) is 0. The van der Waals surface area contributed by atoms with Crippen molar-refractivity contribution >= 4 is 23.4 Å². The van der Waals surface area contributed by atoms with E-state index in [-0.39, 0.29) is 36.7 Å². The first-order valence-electron chi connectivity index (χ1n) is 13.9. The second-order valence-electron chi connectivity index (χ2n) is 10.2. The van der Waals surface area contributed by atoms with E-state index in [9.17, 15) is 9.59 Å². The fraction of sp³-hybridized carbons (Fsp3) is 0.257. The second-order valence-corrected chi connectivity index (χ2v) is 10.6. The minimum Gasteiger partial charge on any atom is -0.352 e. The average molecular weight is 553 g/mol. The van der Waals surface area contributed by atoms with Crippen molar-refractivity contribution in [2.24, 2.45) is 0 Å². The molecule has 4 aromatic rings. The highest BCUT2D eigenvalue weighted by atomic mass is 35.5. The summed E-state index contributed by atoms with van der Waals surface area (Å²) in [6.45, 7) is 4.26. The van der Waals surface area contributed by atoms with Crippen LogP contribution < -0.4 is 5.32 Å². The predicted octanol–water partition coefficient (Wildman–Crippen LogP) is 7.42. The molecule has 0 heterocycles. The van der Waals surface area contributed by atoms with E-state index in [1.807, 2.05) is 105 Å². The lowest BCUT2D eigenvalue weighted by Crippen LogP contribution is -2.52. The monoisotopic (exact) mass is 552 g/mol. The highest BCUT2D eigenvalue weighted by Gasteiger charge is 2.33. The van der Waals surface area contributed by atoms with Crippen molar-refractivity contribution in [2.45, 2.75) is 57.7 Å². The van der Waals surface area contributed by atoms with Crippen LogP contribution in [0.4, 0.5) is 0 Å². The minimum absolute atomic E-state index is 0.00979. The van der Waals surface area contributed by atoms with Crippen molar-refractivity contribution in [2.75, 3.05) is 0 Å². The van der Waals surface area contributed by atoms with Gasteiger partial charge in [0.1, 0.15) is 6.04 Å². The summed E-state index contributed by atoms with van der Waals surface area (Å²) in [4.78, 5) is 30.0. The second kappa shape index (κ2) is 14.5. The molecule has 40 heavy (non-hydrogen) atoms. The van der Waals surface area contributed by atoms with Crippen LogP contribution in [0.25, 0.3) is 0 Å². The first-order valence-corrected chi connectivity index (χ1v) is 14.3. The van der Waals surface area contributed by atoms with E-state index in [4.69, 9.17) is 11.6 Å². The molecule has 0 unspecified atom stereocenters. The van der Waals surface area contributed by atoms with Crippen LogP contribution in [-0.2, 0) is 22.6 Å². The Morgan fingerprint density at radius 2 is 1.30 bits per heavy atom. The van der Waals surface area contributed by atoms with Gasteiger partial charge in [-0.1, -0.05) is 128 Å². The predicted molar refractivity (Wildman–Crippen MR) is 163 cm³/mol. The third-order valence-corrected chi connectivity index (χ3v) is 7.72. The lowest BCUT2D eigenvalue weighted by Gasteiger charge is -2.33. The fourth-order valence-corrected chi connectivity index (χ4v) is 5.09. The Morgan fingerprint density at radius 1 is 0.775 bits per heavy atom. The maximum atomic E-state index is 14.4. The number of carbonyl (C=O) groups is 2. The topological polar surface area (TPSA) is 49.4 Å². The van der Waals surface area contributed by atoms with Gasteiger partial charge in [-0.05, 0) is 41.7 Å². The van der Waals surface area contributed by atoms with Gasteiger partial charge in [0.15, 0.2) is 0 Å². The third-order valence-electron chi connectivity index (χ3n) is 7.35. The smallest absolute Gasteiger partial charge is 0.243 e. The first kappa shape index (κ1) is 29.1. The summed E-state index contributed by atoms with van der Waals surface area (Å²) >= 11 is 6.58. The maximum absolute atomic E-state index is 14.4. The van der Waals surface area contributed by atoms with E-state index in [2.05, 4.69) is 29.6 Å². The van der Waals surface area contributed by atoms with Gasteiger partial charge < -0.3 is 10.2 Å². The van der Waals surface area contributed by atoms with Crippen molar-refractivity contribution in [1.29, 1.82) is 0 Å². The number of rotatable bonds is 12. The lowest BCUT2D eigenvalue weighted by atomic mass is 9.87. The Labute approximate surface area is 243 Å². The molecule has 0 radical (unpaired) electrons. The number of hydrogen-bond acceptors (Lipinski definition) is 2. The molecule has 4 aromatic carbocycles.